The lowest BCUT2D eigenvalue weighted by molar-refractivity contribution is -0.305. The van der Waals surface area contributed by atoms with E-state index in [0.29, 0.717) is 13.2 Å². The molecule has 0 aromatic heterocycles. The maximum absolute atomic E-state index is 6.28. The van der Waals surface area contributed by atoms with Crippen LogP contribution in [0.15, 0.2) is 36.9 Å². The van der Waals surface area contributed by atoms with Gasteiger partial charge in [0.05, 0.1) is 26.9 Å². The summed E-state index contributed by atoms with van der Waals surface area (Å²) in [4.78, 5) is 0. The maximum atomic E-state index is 6.28. The maximum Gasteiger partial charge on any atom is 0.187 e. The van der Waals surface area contributed by atoms with Gasteiger partial charge >= 0.3 is 0 Å². The average Bonchev–Trinajstić information content (AvgIpc) is 3.10. The molecule has 180 valence electrons. The Balaban J connectivity index is 1.76. The second-order valence-electron chi connectivity index (χ2n) is 8.77. The molecule has 32 heavy (non-hydrogen) atoms. The first-order valence-electron chi connectivity index (χ1n) is 10.9. The van der Waals surface area contributed by atoms with Gasteiger partial charge in [0.2, 0.25) is 0 Å². The molecule has 1 aromatic rings. The fourth-order valence-corrected chi connectivity index (χ4v) is 3.70. The minimum atomic E-state index is -0.789. The molecule has 5 atom stereocenters. The number of fused-ring (bicyclic) bond motifs is 1. The van der Waals surface area contributed by atoms with Crippen molar-refractivity contribution in [1.29, 1.82) is 0 Å². The summed E-state index contributed by atoms with van der Waals surface area (Å²) in [7, 11) is 3.24. The molecule has 2 fully saturated rings. The van der Waals surface area contributed by atoms with Crippen LogP contribution in [0.4, 0.5) is 0 Å². The van der Waals surface area contributed by atoms with Gasteiger partial charge < -0.3 is 37.9 Å². The van der Waals surface area contributed by atoms with E-state index in [1.807, 2.05) is 52.0 Å². The Hall–Kier alpha value is -1.52. The van der Waals surface area contributed by atoms with Crippen molar-refractivity contribution in [3.05, 3.63) is 42.5 Å². The zero-order valence-electron chi connectivity index (χ0n) is 19.9. The van der Waals surface area contributed by atoms with Gasteiger partial charge in [-0.25, -0.2) is 0 Å². The standard InChI is InChI=1S/C24H36O8/c1-8-13-27-22-21(28-14-16-9-11-17(25-6)12-10-16)20-19(31-24(4,5)32-20)18(30-22)15-29-23(2,3)26-7/h8-12,18-22H,1,13-15H2,2-7H3/t18-,19+,20+,21-,22-/m1/s1. The number of rotatable bonds is 11. The van der Waals surface area contributed by atoms with E-state index in [1.54, 1.807) is 20.3 Å². The zero-order valence-corrected chi connectivity index (χ0v) is 19.9. The highest BCUT2D eigenvalue weighted by Gasteiger charge is 2.56. The van der Waals surface area contributed by atoms with Crippen molar-refractivity contribution in [1.82, 2.24) is 0 Å². The van der Waals surface area contributed by atoms with Crippen molar-refractivity contribution in [2.45, 2.75) is 76.6 Å². The predicted molar refractivity (Wildman–Crippen MR) is 117 cm³/mol. The molecule has 0 spiro atoms. The molecule has 8 heteroatoms. The zero-order chi connectivity index (χ0) is 23.4. The van der Waals surface area contributed by atoms with Crippen molar-refractivity contribution in [2.24, 2.45) is 0 Å². The first-order chi connectivity index (χ1) is 15.2. The number of benzene rings is 1. The van der Waals surface area contributed by atoms with E-state index >= 15 is 0 Å². The van der Waals surface area contributed by atoms with Crippen LogP contribution in [0.3, 0.4) is 0 Å². The molecule has 2 saturated heterocycles. The lowest BCUT2D eigenvalue weighted by atomic mass is 9.99. The smallest absolute Gasteiger partial charge is 0.187 e. The largest absolute Gasteiger partial charge is 0.497 e. The Kier molecular flexibility index (Phi) is 8.32. The summed E-state index contributed by atoms with van der Waals surface area (Å²) in [5.41, 5.74) is 0.996. The minimum absolute atomic E-state index is 0.251. The Labute approximate surface area is 190 Å². The summed E-state index contributed by atoms with van der Waals surface area (Å²) in [5, 5.41) is 0. The lowest BCUT2D eigenvalue weighted by Gasteiger charge is -2.42. The van der Waals surface area contributed by atoms with Gasteiger partial charge in [0, 0.05) is 7.11 Å². The van der Waals surface area contributed by atoms with Gasteiger partial charge in [-0.3, -0.25) is 0 Å². The van der Waals surface area contributed by atoms with E-state index < -0.39 is 36.2 Å². The molecule has 0 radical (unpaired) electrons. The van der Waals surface area contributed by atoms with Crippen LogP contribution in [0.1, 0.15) is 33.3 Å². The summed E-state index contributed by atoms with van der Waals surface area (Å²) in [6.07, 6.45) is -0.717. The molecular formula is C24H36O8. The SMILES string of the molecule is C=CCO[C@@H]1O[C@H](COC(C)(C)OC)[C@@H]2OC(C)(C)O[C@@H]2[C@H]1OCc1ccc(OC)cc1. The molecule has 2 aliphatic rings. The van der Waals surface area contributed by atoms with Crippen LogP contribution in [0.25, 0.3) is 0 Å². The van der Waals surface area contributed by atoms with Crippen LogP contribution in [0, 0.1) is 0 Å². The van der Waals surface area contributed by atoms with Gasteiger partial charge in [-0.15, -0.1) is 6.58 Å². The molecule has 2 heterocycles. The fraction of sp³-hybridized carbons (Fsp3) is 0.667. The predicted octanol–water partition coefficient (Wildman–Crippen LogP) is 3.43. The van der Waals surface area contributed by atoms with Gasteiger partial charge in [0.15, 0.2) is 17.9 Å². The van der Waals surface area contributed by atoms with Crippen LogP contribution >= 0.6 is 0 Å². The van der Waals surface area contributed by atoms with E-state index in [2.05, 4.69) is 6.58 Å². The van der Waals surface area contributed by atoms with Gasteiger partial charge in [0.1, 0.15) is 30.2 Å². The van der Waals surface area contributed by atoms with Gasteiger partial charge in [-0.05, 0) is 45.4 Å². The first-order valence-corrected chi connectivity index (χ1v) is 10.9. The van der Waals surface area contributed by atoms with Crippen LogP contribution in [0.2, 0.25) is 0 Å². The molecule has 3 rings (SSSR count). The van der Waals surface area contributed by atoms with Gasteiger partial charge in [-0.2, -0.15) is 0 Å². The molecule has 0 aliphatic carbocycles. The lowest BCUT2D eigenvalue weighted by Crippen LogP contribution is -2.59. The number of methoxy groups -OCH3 is 2. The topological polar surface area (TPSA) is 73.8 Å². The Bertz CT molecular complexity index is 732. The molecule has 2 aliphatic heterocycles. The van der Waals surface area contributed by atoms with Crippen LogP contribution in [0.5, 0.6) is 5.75 Å². The molecule has 8 nitrogen and oxygen atoms in total. The average molecular weight is 453 g/mol. The Morgan fingerprint density at radius 2 is 1.75 bits per heavy atom. The third-order valence-corrected chi connectivity index (χ3v) is 5.50. The third-order valence-electron chi connectivity index (χ3n) is 5.50. The number of hydrogen-bond donors (Lipinski definition) is 0. The normalized spacial score (nSPS) is 29.5. The van der Waals surface area contributed by atoms with E-state index in [4.69, 9.17) is 37.9 Å². The van der Waals surface area contributed by atoms with Gasteiger partial charge in [-0.1, -0.05) is 18.2 Å². The molecule has 0 unspecified atom stereocenters. The van der Waals surface area contributed by atoms with Crippen molar-refractivity contribution in [3.63, 3.8) is 0 Å². The second-order valence-corrected chi connectivity index (χ2v) is 8.77. The van der Waals surface area contributed by atoms with Crippen LogP contribution in [-0.4, -0.2) is 69.7 Å². The van der Waals surface area contributed by atoms with Crippen LogP contribution in [-0.2, 0) is 39.8 Å². The summed E-state index contributed by atoms with van der Waals surface area (Å²) in [6, 6.07) is 7.71. The molecule has 0 N–H and O–H groups in total. The third kappa shape index (κ3) is 6.29. The highest BCUT2D eigenvalue weighted by Crippen LogP contribution is 2.39. The molecule has 0 amide bonds. The van der Waals surface area contributed by atoms with Crippen LogP contribution < -0.4 is 4.74 Å². The summed E-state index contributed by atoms with van der Waals surface area (Å²) in [5.74, 6) is -0.756. The molecular weight excluding hydrogens is 416 g/mol. The quantitative estimate of drug-likeness (QED) is 0.374. The highest BCUT2D eigenvalue weighted by atomic mass is 16.8. The van der Waals surface area contributed by atoms with E-state index in [1.165, 1.54) is 0 Å². The second kappa shape index (κ2) is 10.6. The first kappa shape index (κ1) is 25.1. The van der Waals surface area contributed by atoms with Crippen molar-refractivity contribution < 1.29 is 37.9 Å². The summed E-state index contributed by atoms with van der Waals surface area (Å²) >= 11 is 0. The van der Waals surface area contributed by atoms with E-state index in [9.17, 15) is 0 Å². The highest BCUT2D eigenvalue weighted by molar-refractivity contribution is 5.26. The summed E-state index contributed by atoms with van der Waals surface area (Å²) < 4.78 is 47.4. The van der Waals surface area contributed by atoms with E-state index in [0.717, 1.165) is 11.3 Å². The summed E-state index contributed by atoms with van der Waals surface area (Å²) in [6.45, 7) is 12.1. The van der Waals surface area contributed by atoms with Crippen molar-refractivity contribution in [3.8, 4) is 5.75 Å². The number of hydrogen-bond acceptors (Lipinski definition) is 8. The Morgan fingerprint density at radius 3 is 2.38 bits per heavy atom. The van der Waals surface area contributed by atoms with E-state index in [-0.39, 0.29) is 12.7 Å². The molecule has 0 bridgehead atoms. The van der Waals surface area contributed by atoms with Crippen molar-refractivity contribution >= 4 is 0 Å². The molecule has 0 saturated carbocycles. The fourth-order valence-electron chi connectivity index (χ4n) is 3.70. The number of ether oxygens (including phenoxy) is 8. The Morgan fingerprint density at radius 1 is 1.06 bits per heavy atom. The van der Waals surface area contributed by atoms with Gasteiger partial charge in [0.25, 0.3) is 0 Å². The van der Waals surface area contributed by atoms with Crippen molar-refractivity contribution in [2.75, 3.05) is 27.4 Å². The minimum Gasteiger partial charge on any atom is -0.497 e. The monoisotopic (exact) mass is 452 g/mol. The molecule has 1 aromatic carbocycles.